The highest BCUT2D eigenvalue weighted by Crippen LogP contribution is 2.28. The lowest BCUT2D eigenvalue weighted by Gasteiger charge is -2.13. The Bertz CT molecular complexity index is 288. The van der Waals surface area contributed by atoms with Gasteiger partial charge in [-0.15, -0.1) is 0 Å². The number of rotatable bonds is 3. The van der Waals surface area contributed by atoms with Crippen LogP contribution in [0, 0.1) is 0 Å². The minimum atomic E-state index is 0.336. The second-order valence-corrected chi connectivity index (χ2v) is 3.94. The molecule has 0 fully saturated rings. The molecule has 0 aromatic heterocycles. The summed E-state index contributed by atoms with van der Waals surface area (Å²) in [5.41, 5.74) is 6.76. The fourth-order valence-corrected chi connectivity index (χ4v) is 1.56. The molecule has 0 spiro atoms. The summed E-state index contributed by atoms with van der Waals surface area (Å²) in [4.78, 5) is 0. The van der Waals surface area contributed by atoms with Crippen LogP contribution in [0.4, 0.5) is 0 Å². The molecule has 2 N–H and O–H groups in total. The maximum absolute atomic E-state index is 5.60. The molecule has 1 rings (SSSR count). The third-order valence-corrected chi connectivity index (χ3v) is 2.57. The molecule has 0 heterocycles. The van der Waals surface area contributed by atoms with Crippen LogP contribution in [-0.2, 0) is 0 Å². The van der Waals surface area contributed by atoms with E-state index >= 15 is 0 Å². The Morgan fingerprint density at radius 3 is 2.77 bits per heavy atom. The van der Waals surface area contributed by atoms with Gasteiger partial charge < -0.3 is 10.5 Å². The molecule has 0 bridgehead atoms. The van der Waals surface area contributed by atoms with Crippen LogP contribution in [0.25, 0.3) is 0 Å². The van der Waals surface area contributed by atoms with Crippen LogP contribution in [0.5, 0.6) is 5.75 Å². The molecule has 0 aliphatic heterocycles. The summed E-state index contributed by atoms with van der Waals surface area (Å²) in [5.74, 6) is 1.23. The van der Waals surface area contributed by atoms with Gasteiger partial charge in [-0.2, -0.15) is 0 Å². The summed E-state index contributed by atoms with van der Waals surface area (Å²) in [6.07, 6.45) is 0. The zero-order valence-corrected chi connectivity index (χ0v) is 9.47. The number of halogens is 1. The maximum atomic E-state index is 5.60. The third kappa shape index (κ3) is 2.45. The molecular formula is C10H14BrNO. The largest absolute Gasteiger partial charge is 0.496 e. The molecule has 72 valence electrons. The van der Waals surface area contributed by atoms with E-state index in [-0.39, 0.29) is 0 Å². The van der Waals surface area contributed by atoms with Crippen molar-refractivity contribution in [3.8, 4) is 5.75 Å². The number of ether oxygens (including phenoxy) is 1. The normalized spacial score (nSPS) is 12.6. The van der Waals surface area contributed by atoms with Crippen molar-refractivity contribution < 1.29 is 4.74 Å². The Kier molecular flexibility index (Phi) is 3.75. The maximum Gasteiger partial charge on any atom is 0.123 e. The summed E-state index contributed by atoms with van der Waals surface area (Å²) >= 11 is 3.40. The van der Waals surface area contributed by atoms with Gasteiger partial charge in [0.2, 0.25) is 0 Å². The zero-order chi connectivity index (χ0) is 9.84. The molecule has 2 nitrogen and oxygen atoms in total. The lowest BCUT2D eigenvalue weighted by Crippen LogP contribution is -2.09. The molecule has 1 aromatic carbocycles. The average molecular weight is 244 g/mol. The number of methoxy groups -OCH3 is 1. The van der Waals surface area contributed by atoms with E-state index in [4.69, 9.17) is 10.5 Å². The fraction of sp³-hybridized carbons (Fsp3) is 0.400. The van der Waals surface area contributed by atoms with Gasteiger partial charge in [0, 0.05) is 4.47 Å². The predicted molar refractivity (Wildman–Crippen MR) is 58.2 cm³/mol. The van der Waals surface area contributed by atoms with E-state index in [1.54, 1.807) is 7.11 Å². The first kappa shape index (κ1) is 10.5. The summed E-state index contributed by atoms with van der Waals surface area (Å²) in [6.45, 7) is 2.73. The van der Waals surface area contributed by atoms with Crippen molar-refractivity contribution in [2.24, 2.45) is 5.73 Å². The highest BCUT2D eigenvalue weighted by Gasteiger charge is 2.09. The van der Waals surface area contributed by atoms with Gasteiger partial charge in [-0.1, -0.05) is 28.9 Å². The first-order valence-electron chi connectivity index (χ1n) is 4.22. The average Bonchev–Trinajstić information content (AvgIpc) is 2.16. The second kappa shape index (κ2) is 4.63. The Balaban J connectivity index is 3.05. The van der Waals surface area contributed by atoms with Gasteiger partial charge in [-0.3, -0.25) is 0 Å². The van der Waals surface area contributed by atoms with Crippen molar-refractivity contribution in [2.75, 3.05) is 13.7 Å². The van der Waals surface area contributed by atoms with Crippen molar-refractivity contribution >= 4 is 15.9 Å². The molecular weight excluding hydrogens is 230 g/mol. The van der Waals surface area contributed by atoms with Crippen LogP contribution in [0.2, 0.25) is 0 Å². The van der Waals surface area contributed by atoms with E-state index in [1.807, 2.05) is 18.2 Å². The molecule has 0 aliphatic carbocycles. The Hall–Kier alpha value is -0.540. The van der Waals surface area contributed by atoms with Crippen LogP contribution >= 0.6 is 15.9 Å². The van der Waals surface area contributed by atoms with Gasteiger partial charge in [0.1, 0.15) is 5.75 Å². The van der Waals surface area contributed by atoms with Crippen molar-refractivity contribution in [1.82, 2.24) is 0 Å². The Morgan fingerprint density at radius 1 is 1.54 bits per heavy atom. The van der Waals surface area contributed by atoms with Crippen LogP contribution in [-0.4, -0.2) is 13.7 Å². The monoisotopic (exact) mass is 243 g/mol. The highest BCUT2D eigenvalue weighted by atomic mass is 79.9. The molecule has 1 unspecified atom stereocenters. The quantitative estimate of drug-likeness (QED) is 0.886. The van der Waals surface area contributed by atoms with Crippen molar-refractivity contribution in [3.05, 3.63) is 28.2 Å². The van der Waals surface area contributed by atoms with Gasteiger partial charge in [-0.25, -0.2) is 0 Å². The zero-order valence-electron chi connectivity index (χ0n) is 7.88. The van der Waals surface area contributed by atoms with Gasteiger partial charge in [-0.05, 0) is 30.2 Å². The smallest absolute Gasteiger partial charge is 0.123 e. The topological polar surface area (TPSA) is 35.2 Å². The predicted octanol–water partition coefficient (Wildman–Crippen LogP) is 2.52. The van der Waals surface area contributed by atoms with Gasteiger partial charge in [0.15, 0.2) is 0 Å². The number of benzene rings is 1. The molecule has 0 aliphatic rings. The molecule has 0 saturated carbocycles. The third-order valence-electron chi connectivity index (χ3n) is 2.08. The van der Waals surface area contributed by atoms with Gasteiger partial charge in [0.05, 0.1) is 7.11 Å². The van der Waals surface area contributed by atoms with Gasteiger partial charge >= 0.3 is 0 Å². The number of hydrogen-bond acceptors (Lipinski definition) is 2. The van der Waals surface area contributed by atoms with E-state index < -0.39 is 0 Å². The minimum absolute atomic E-state index is 0.336. The molecule has 1 atom stereocenters. The molecule has 1 aromatic rings. The van der Waals surface area contributed by atoms with Crippen LogP contribution in [0.3, 0.4) is 0 Å². The molecule has 13 heavy (non-hydrogen) atoms. The van der Waals surface area contributed by atoms with E-state index in [2.05, 4.69) is 22.9 Å². The minimum Gasteiger partial charge on any atom is -0.496 e. The van der Waals surface area contributed by atoms with Crippen LogP contribution in [0.1, 0.15) is 18.4 Å². The fourth-order valence-electron chi connectivity index (χ4n) is 1.22. The Labute approximate surface area is 87.2 Å². The number of nitrogens with two attached hydrogens (primary N) is 1. The highest BCUT2D eigenvalue weighted by molar-refractivity contribution is 9.10. The SMILES string of the molecule is COc1cc(Br)ccc1C(C)CN. The molecule has 3 heteroatoms. The summed E-state index contributed by atoms with van der Waals surface area (Å²) < 4.78 is 6.29. The summed E-state index contributed by atoms with van der Waals surface area (Å²) in [5, 5.41) is 0. The first-order chi connectivity index (χ1) is 6.19. The summed E-state index contributed by atoms with van der Waals surface area (Å²) in [7, 11) is 1.68. The first-order valence-corrected chi connectivity index (χ1v) is 5.01. The van der Waals surface area contributed by atoms with Crippen molar-refractivity contribution in [3.63, 3.8) is 0 Å². The van der Waals surface area contributed by atoms with E-state index in [0.29, 0.717) is 12.5 Å². The van der Waals surface area contributed by atoms with Gasteiger partial charge in [0.25, 0.3) is 0 Å². The summed E-state index contributed by atoms with van der Waals surface area (Å²) in [6, 6.07) is 6.01. The van der Waals surface area contributed by atoms with E-state index in [9.17, 15) is 0 Å². The lowest BCUT2D eigenvalue weighted by molar-refractivity contribution is 0.406. The lowest BCUT2D eigenvalue weighted by atomic mass is 10.0. The molecule has 0 saturated heterocycles. The van der Waals surface area contributed by atoms with Crippen LogP contribution < -0.4 is 10.5 Å². The molecule has 0 radical (unpaired) electrons. The van der Waals surface area contributed by atoms with E-state index in [1.165, 1.54) is 0 Å². The molecule has 0 amide bonds. The Morgan fingerprint density at radius 2 is 2.23 bits per heavy atom. The van der Waals surface area contributed by atoms with Crippen molar-refractivity contribution in [2.45, 2.75) is 12.8 Å². The second-order valence-electron chi connectivity index (χ2n) is 3.02. The number of hydrogen-bond donors (Lipinski definition) is 1. The standard InChI is InChI=1S/C10H14BrNO/c1-7(6-12)9-4-3-8(11)5-10(9)13-2/h3-5,7H,6,12H2,1-2H3. The van der Waals surface area contributed by atoms with E-state index in [0.717, 1.165) is 15.8 Å². The van der Waals surface area contributed by atoms with Crippen molar-refractivity contribution in [1.29, 1.82) is 0 Å². The van der Waals surface area contributed by atoms with Crippen LogP contribution in [0.15, 0.2) is 22.7 Å².